The van der Waals surface area contributed by atoms with Crippen LogP contribution in [0.25, 0.3) is 11.3 Å². The van der Waals surface area contributed by atoms with E-state index in [1.165, 1.54) is 0 Å². The predicted octanol–water partition coefficient (Wildman–Crippen LogP) is 3.54. The van der Waals surface area contributed by atoms with Crippen LogP contribution in [0.5, 0.6) is 0 Å². The molecule has 3 rings (SSSR count). The number of aromatic amines is 1. The molecule has 1 aromatic heterocycles. The van der Waals surface area contributed by atoms with Gasteiger partial charge < -0.3 is 10.4 Å². The number of H-pyrrole nitrogens is 1. The standard InChI is InChI=1S/C21H17F3N4O2/c22-17-8-19(24)18(23)6-14(17)5-16(7-20(29)30)26-10-15-11-27-28-21(15)13-3-1-12(9-25)2-4-13/h1-4,6,8,11,16,26H,5,7,10H2,(H,27,28)(H,29,30)/t16-/m1/s1. The molecule has 2 aromatic carbocycles. The van der Waals surface area contributed by atoms with Crippen molar-refractivity contribution in [2.45, 2.75) is 25.4 Å². The van der Waals surface area contributed by atoms with Crippen molar-refractivity contribution in [3.63, 3.8) is 0 Å². The lowest BCUT2D eigenvalue weighted by Gasteiger charge is -2.18. The molecule has 0 aliphatic rings. The van der Waals surface area contributed by atoms with Crippen LogP contribution in [0.2, 0.25) is 0 Å². The van der Waals surface area contributed by atoms with E-state index < -0.39 is 29.5 Å². The highest BCUT2D eigenvalue weighted by Gasteiger charge is 2.19. The summed E-state index contributed by atoms with van der Waals surface area (Å²) in [5.74, 6) is -4.55. The van der Waals surface area contributed by atoms with Gasteiger partial charge in [-0.15, -0.1) is 0 Å². The highest BCUT2D eigenvalue weighted by Crippen LogP contribution is 2.22. The van der Waals surface area contributed by atoms with Gasteiger partial charge in [0.15, 0.2) is 11.6 Å². The molecule has 0 fully saturated rings. The number of aliphatic carboxylic acids is 1. The van der Waals surface area contributed by atoms with Crippen molar-refractivity contribution in [3.8, 4) is 17.3 Å². The maximum atomic E-state index is 14.0. The molecule has 9 heteroatoms. The molecule has 0 unspecified atom stereocenters. The molecule has 0 saturated carbocycles. The van der Waals surface area contributed by atoms with Crippen molar-refractivity contribution in [2.24, 2.45) is 0 Å². The monoisotopic (exact) mass is 414 g/mol. The van der Waals surface area contributed by atoms with E-state index in [0.717, 1.165) is 17.2 Å². The van der Waals surface area contributed by atoms with Crippen molar-refractivity contribution in [1.29, 1.82) is 5.26 Å². The molecule has 1 heterocycles. The summed E-state index contributed by atoms with van der Waals surface area (Å²) >= 11 is 0. The number of nitrogens with zero attached hydrogens (tertiary/aromatic N) is 2. The number of carbonyl (C=O) groups is 1. The molecule has 0 radical (unpaired) electrons. The van der Waals surface area contributed by atoms with Gasteiger partial charge in [-0.25, -0.2) is 13.2 Å². The Morgan fingerprint density at radius 2 is 1.83 bits per heavy atom. The van der Waals surface area contributed by atoms with E-state index in [9.17, 15) is 18.0 Å². The van der Waals surface area contributed by atoms with Crippen molar-refractivity contribution < 1.29 is 23.1 Å². The summed E-state index contributed by atoms with van der Waals surface area (Å²) in [6, 6.07) is 9.31. The third kappa shape index (κ3) is 5.04. The lowest BCUT2D eigenvalue weighted by molar-refractivity contribution is -0.137. The molecule has 6 nitrogen and oxygen atoms in total. The molecule has 3 aromatic rings. The molecule has 0 bridgehead atoms. The highest BCUT2D eigenvalue weighted by atomic mass is 19.2. The van der Waals surface area contributed by atoms with E-state index in [1.807, 2.05) is 6.07 Å². The quantitative estimate of drug-likeness (QED) is 0.490. The third-order valence-corrected chi connectivity index (χ3v) is 4.58. The number of aromatic nitrogens is 2. The third-order valence-electron chi connectivity index (χ3n) is 4.58. The number of nitriles is 1. The molecule has 154 valence electrons. The lowest BCUT2D eigenvalue weighted by Crippen LogP contribution is -2.33. The summed E-state index contributed by atoms with van der Waals surface area (Å²) < 4.78 is 40.6. The maximum absolute atomic E-state index is 14.0. The second-order valence-corrected chi connectivity index (χ2v) is 6.70. The summed E-state index contributed by atoms with van der Waals surface area (Å²) in [6.45, 7) is 0.203. The molecule has 0 amide bonds. The Kier molecular flexibility index (Phi) is 6.49. The van der Waals surface area contributed by atoms with Crippen LogP contribution >= 0.6 is 0 Å². The minimum absolute atomic E-state index is 0.118. The number of halogens is 3. The second-order valence-electron chi connectivity index (χ2n) is 6.70. The zero-order valence-corrected chi connectivity index (χ0v) is 15.6. The Labute approximate surface area is 170 Å². The Morgan fingerprint density at radius 3 is 2.50 bits per heavy atom. The van der Waals surface area contributed by atoms with E-state index in [4.69, 9.17) is 10.4 Å². The van der Waals surface area contributed by atoms with Gasteiger partial charge in [-0.2, -0.15) is 10.4 Å². The minimum Gasteiger partial charge on any atom is -0.481 e. The van der Waals surface area contributed by atoms with Gasteiger partial charge in [0, 0.05) is 24.2 Å². The summed E-state index contributed by atoms with van der Waals surface area (Å²) in [5.41, 5.74) is 2.57. The smallest absolute Gasteiger partial charge is 0.304 e. The van der Waals surface area contributed by atoms with Gasteiger partial charge in [0.25, 0.3) is 0 Å². The van der Waals surface area contributed by atoms with E-state index >= 15 is 0 Å². The number of carboxylic acids is 1. The molecule has 0 aliphatic carbocycles. The summed E-state index contributed by atoms with van der Waals surface area (Å²) in [7, 11) is 0. The van der Waals surface area contributed by atoms with Crippen molar-refractivity contribution in [3.05, 3.63) is 76.7 Å². The normalized spacial score (nSPS) is 11.8. The van der Waals surface area contributed by atoms with Gasteiger partial charge in [0.2, 0.25) is 0 Å². The first-order valence-corrected chi connectivity index (χ1v) is 8.98. The van der Waals surface area contributed by atoms with Crippen molar-refractivity contribution in [1.82, 2.24) is 15.5 Å². The molecule has 1 atom stereocenters. The molecular weight excluding hydrogens is 397 g/mol. The summed E-state index contributed by atoms with van der Waals surface area (Å²) in [6.07, 6.45) is 1.08. The predicted molar refractivity (Wildman–Crippen MR) is 102 cm³/mol. The zero-order chi connectivity index (χ0) is 21.7. The second kappa shape index (κ2) is 9.24. The fourth-order valence-corrected chi connectivity index (χ4v) is 3.07. The molecule has 30 heavy (non-hydrogen) atoms. The fraction of sp³-hybridized carbons (Fsp3) is 0.190. The summed E-state index contributed by atoms with van der Waals surface area (Å²) in [5, 5.41) is 27.9. The molecule has 0 saturated heterocycles. The molecule has 3 N–H and O–H groups in total. The van der Waals surface area contributed by atoms with Crippen LogP contribution in [0.1, 0.15) is 23.1 Å². The van der Waals surface area contributed by atoms with Crippen LogP contribution in [-0.2, 0) is 17.8 Å². The van der Waals surface area contributed by atoms with E-state index in [0.29, 0.717) is 17.3 Å². The average molecular weight is 414 g/mol. The van der Waals surface area contributed by atoms with Gasteiger partial charge in [0.05, 0.1) is 29.9 Å². The highest BCUT2D eigenvalue weighted by molar-refractivity contribution is 5.67. The first kappa shape index (κ1) is 21.1. The lowest BCUT2D eigenvalue weighted by atomic mass is 10.0. The van der Waals surface area contributed by atoms with Crippen molar-refractivity contribution >= 4 is 5.97 Å². The number of rotatable bonds is 8. The fourth-order valence-electron chi connectivity index (χ4n) is 3.07. The molecule has 0 aliphatic heterocycles. The van der Waals surface area contributed by atoms with E-state index in [1.54, 1.807) is 30.5 Å². The first-order chi connectivity index (χ1) is 14.4. The van der Waals surface area contributed by atoms with Gasteiger partial charge >= 0.3 is 5.97 Å². The Morgan fingerprint density at radius 1 is 1.13 bits per heavy atom. The topological polar surface area (TPSA) is 102 Å². The van der Waals surface area contributed by atoms with Gasteiger partial charge in [-0.05, 0) is 35.7 Å². The Hall–Kier alpha value is -3.64. The van der Waals surface area contributed by atoms with Crippen LogP contribution in [0, 0.1) is 28.8 Å². The van der Waals surface area contributed by atoms with Crippen LogP contribution < -0.4 is 5.32 Å². The number of nitrogens with one attached hydrogen (secondary N) is 2. The Bertz CT molecular complexity index is 1090. The average Bonchev–Trinajstić information content (AvgIpc) is 3.18. The van der Waals surface area contributed by atoms with Crippen molar-refractivity contribution in [2.75, 3.05) is 0 Å². The largest absolute Gasteiger partial charge is 0.481 e. The minimum atomic E-state index is -1.30. The zero-order valence-electron chi connectivity index (χ0n) is 15.6. The molecular formula is C21H17F3N4O2. The maximum Gasteiger partial charge on any atom is 0.304 e. The SMILES string of the molecule is N#Cc1ccc(-c2[nH]ncc2CN[C@@H](CC(=O)O)Cc2cc(F)c(F)cc2F)cc1. The van der Waals surface area contributed by atoms with Gasteiger partial charge in [0.1, 0.15) is 5.82 Å². The number of benzene rings is 2. The molecule has 0 spiro atoms. The van der Waals surface area contributed by atoms with Crippen LogP contribution in [0.15, 0.2) is 42.6 Å². The van der Waals surface area contributed by atoms with E-state index in [2.05, 4.69) is 15.5 Å². The summed E-state index contributed by atoms with van der Waals surface area (Å²) in [4.78, 5) is 11.2. The Balaban J connectivity index is 1.76. The number of carboxylic acid groups (broad SMARTS) is 1. The van der Waals surface area contributed by atoms with Crippen LogP contribution in [-0.4, -0.2) is 27.3 Å². The number of hydrogen-bond acceptors (Lipinski definition) is 4. The van der Waals surface area contributed by atoms with E-state index in [-0.39, 0.29) is 24.9 Å². The first-order valence-electron chi connectivity index (χ1n) is 8.98. The van der Waals surface area contributed by atoms with Crippen LogP contribution in [0.4, 0.5) is 13.2 Å². The number of hydrogen-bond donors (Lipinski definition) is 3. The van der Waals surface area contributed by atoms with Crippen LogP contribution in [0.3, 0.4) is 0 Å². The van der Waals surface area contributed by atoms with Gasteiger partial charge in [-0.1, -0.05) is 12.1 Å². The van der Waals surface area contributed by atoms with Gasteiger partial charge in [-0.3, -0.25) is 9.89 Å².